The monoisotopic (exact) mass is 390 g/mol. The van der Waals surface area contributed by atoms with E-state index in [9.17, 15) is 21.6 Å². The van der Waals surface area contributed by atoms with Crippen molar-refractivity contribution in [3.05, 3.63) is 24.3 Å². The molecule has 25 heavy (non-hydrogen) atoms. The fourth-order valence-electron chi connectivity index (χ4n) is 2.76. The average Bonchev–Trinajstić information content (AvgIpc) is 2.93. The van der Waals surface area contributed by atoms with Crippen molar-refractivity contribution in [2.75, 3.05) is 31.7 Å². The van der Waals surface area contributed by atoms with Crippen LogP contribution in [0.15, 0.2) is 29.2 Å². The molecule has 1 aromatic carbocycles. The van der Waals surface area contributed by atoms with Crippen LogP contribution in [-0.2, 0) is 24.7 Å². The first kappa shape index (κ1) is 19.7. The summed E-state index contributed by atoms with van der Waals surface area (Å²) in [6.07, 6.45) is 0.382. The quantitative estimate of drug-likeness (QED) is 0.702. The SMILES string of the molecule is CCN(C(=O)CNS(=O)(=O)c1ccc(OC)cc1)C1CCS(=O)(=O)C1. The van der Waals surface area contributed by atoms with Crippen LogP contribution in [0.25, 0.3) is 0 Å². The van der Waals surface area contributed by atoms with Crippen molar-refractivity contribution in [2.24, 2.45) is 0 Å². The third kappa shape index (κ3) is 4.93. The molecule has 1 amide bonds. The van der Waals surface area contributed by atoms with Gasteiger partial charge in [0.1, 0.15) is 5.75 Å². The zero-order valence-corrected chi connectivity index (χ0v) is 15.8. The number of likely N-dealkylation sites (N-methyl/N-ethyl adjacent to an activating group) is 1. The van der Waals surface area contributed by atoms with Crippen molar-refractivity contribution in [3.63, 3.8) is 0 Å². The molecule has 0 saturated carbocycles. The van der Waals surface area contributed by atoms with E-state index >= 15 is 0 Å². The smallest absolute Gasteiger partial charge is 0.241 e. The summed E-state index contributed by atoms with van der Waals surface area (Å²) in [7, 11) is -5.49. The zero-order chi connectivity index (χ0) is 18.7. The second kappa shape index (κ2) is 7.71. The Kier molecular flexibility index (Phi) is 6.07. The minimum absolute atomic E-state index is 0.0209. The number of ether oxygens (including phenoxy) is 1. The molecule has 1 aromatic rings. The molecule has 140 valence electrons. The molecule has 2 rings (SSSR count). The maximum absolute atomic E-state index is 12.3. The first-order valence-electron chi connectivity index (χ1n) is 7.82. The number of carbonyl (C=O) groups is 1. The number of methoxy groups -OCH3 is 1. The second-order valence-electron chi connectivity index (χ2n) is 5.74. The van der Waals surface area contributed by atoms with Gasteiger partial charge >= 0.3 is 0 Å². The number of sulfone groups is 1. The lowest BCUT2D eigenvalue weighted by Crippen LogP contribution is -2.46. The zero-order valence-electron chi connectivity index (χ0n) is 14.1. The highest BCUT2D eigenvalue weighted by molar-refractivity contribution is 7.91. The molecule has 1 saturated heterocycles. The van der Waals surface area contributed by atoms with Gasteiger partial charge in [0, 0.05) is 12.6 Å². The number of carbonyl (C=O) groups excluding carboxylic acids is 1. The molecule has 0 radical (unpaired) electrons. The number of rotatable bonds is 7. The van der Waals surface area contributed by atoms with Crippen LogP contribution in [0.1, 0.15) is 13.3 Å². The summed E-state index contributed by atoms with van der Waals surface area (Å²) < 4.78 is 54.9. The van der Waals surface area contributed by atoms with Gasteiger partial charge in [-0.15, -0.1) is 0 Å². The van der Waals surface area contributed by atoms with E-state index in [1.54, 1.807) is 6.92 Å². The Labute approximate surface area is 148 Å². The maximum atomic E-state index is 12.3. The van der Waals surface area contributed by atoms with Gasteiger partial charge in [-0.1, -0.05) is 0 Å². The van der Waals surface area contributed by atoms with Crippen LogP contribution in [-0.4, -0.2) is 65.4 Å². The fourth-order valence-corrected chi connectivity index (χ4v) is 5.46. The molecule has 1 aliphatic rings. The predicted octanol–water partition coefficient (Wildman–Crippen LogP) is 0.00910. The van der Waals surface area contributed by atoms with E-state index in [2.05, 4.69) is 4.72 Å². The molecule has 0 bridgehead atoms. The summed E-state index contributed by atoms with van der Waals surface area (Å²) in [6.45, 7) is 1.64. The van der Waals surface area contributed by atoms with Gasteiger partial charge in [-0.3, -0.25) is 4.79 Å². The van der Waals surface area contributed by atoms with Gasteiger partial charge in [0.05, 0.1) is 30.1 Å². The molecule has 1 heterocycles. The number of nitrogens with zero attached hydrogens (tertiary/aromatic N) is 1. The number of hydrogen-bond acceptors (Lipinski definition) is 6. The molecule has 1 N–H and O–H groups in total. The number of amides is 1. The van der Waals surface area contributed by atoms with Gasteiger partial charge in [-0.2, -0.15) is 0 Å². The van der Waals surface area contributed by atoms with Crippen LogP contribution in [0.4, 0.5) is 0 Å². The van der Waals surface area contributed by atoms with Gasteiger partial charge in [-0.05, 0) is 37.6 Å². The lowest BCUT2D eigenvalue weighted by atomic mass is 10.2. The van der Waals surface area contributed by atoms with Crippen LogP contribution in [0.3, 0.4) is 0 Å². The maximum Gasteiger partial charge on any atom is 0.241 e. The molecule has 0 spiro atoms. The van der Waals surface area contributed by atoms with E-state index in [0.29, 0.717) is 18.7 Å². The van der Waals surface area contributed by atoms with Crippen molar-refractivity contribution < 1.29 is 26.4 Å². The van der Waals surface area contributed by atoms with E-state index in [0.717, 1.165) is 0 Å². The minimum atomic E-state index is -3.84. The molecule has 1 atom stereocenters. The van der Waals surface area contributed by atoms with Crippen LogP contribution in [0.5, 0.6) is 5.75 Å². The Hall–Kier alpha value is -1.65. The van der Waals surface area contributed by atoms with Crippen molar-refractivity contribution >= 4 is 25.8 Å². The molecule has 1 fully saturated rings. The van der Waals surface area contributed by atoms with Crippen molar-refractivity contribution in [3.8, 4) is 5.75 Å². The minimum Gasteiger partial charge on any atom is -0.497 e. The number of sulfonamides is 1. The van der Waals surface area contributed by atoms with Gasteiger partial charge in [0.15, 0.2) is 9.84 Å². The summed E-state index contributed by atoms with van der Waals surface area (Å²) in [6, 6.07) is 5.39. The van der Waals surface area contributed by atoms with Crippen molar-refractivity contribution in [2.45, 2.75) is 24.3 Å². The van der Waals surface area contributed by atoms with E-state index in [-0.39, 0.29) is 16.4 Å². The summed E-state index contributed by atoms with van der Waals surface area (Å²) in [4.78, 5) is 13.8. The Morgan fingerprint density at radius 3 is 2.44 bits per heavy atom. The summed E-state index contributed by atoms with van der Waals surface area (Å²) in [5, 5.41) is 0. The van der Waals surface area contributed by atoms with E-state index in [4.69, 9.17) is 4.74 Å². The molecular formula is C15H22N2O6S2. The standard InChI is InChI=1S/C15H22N2O6S2/c1-3-17(12-8-9-24(19,20)11-12)15(18)10-16-25(21,22)14-6-4-13(23-2)5-7-14/h4-7,12,16H,3,8-11H2,1-2H3. The highest BCUT2D eigenvalue weighted by Crippen LogP contribution is 2.18. The first-order valence-corrected chi connectivity index (χ1v) is 11.1. The van der Waals surface area contributed by atoms with Crippen LogP contribution in [0, 0.1) is 0 Å². The van der Waals surface area contributed by atoms with E-state index in [1.807, 2.05) is 0 Å². The lowest BCUT2D eigenvalue weighted by molar-refractivity contribution is -0.131. The topological polar surface area (TPSA) is 110 Å². The molecular weight excluding hydrogens is 368 g/mol. The van der Waals surface area contributed by atoms with Gasteiger partial charge < -0.3 is 9.64 Å². The normalized spacial score (nSPS) is 19.5. The summed E-state index contributed by atoms with van der Waals surface area (Å²) in [5.74, 6) is 0.0629. The number of hydrogen-bond donors (Lipinski definition) is 1. The fraction of sp³-hybridized carbons (Fsp3) is 0.533. The average molecular weight is 390 g/mol. The van der Waals surface area contributed by atoms with E-state index in [1.165, 1.54) is 36.3 Å². The van der Waals surface area contributed by atoms with Crippen molar-refractivity contribution in [1.82, 2.24) is 9.62 Å². The predicted molar refractivity (Wildman–Crippen MR) is 92.6 cm³/mol. The van der Waals surface area contributed by atoms with Gasteiger partial charge in [-0.25, -0.2) is 21.6 Å². The molecule has 8 nitrogen and oxygen atoms in total. The number of benzene rings is 1. The second-order valence-corrected chi connectivity index (χ2v) is 9.73. The van der Waals surface area contributed by atoms with Crippen LogP contribution >= 0.6 is 0 Å². The lowest BCUT2D eigenvalue weighted by Gasteiger charge is -2.27. The Morgan fingerprint density at radius 1 is 1.32 bits per heavy atom. The Bertz CT molecular complexity index is 818. The molecule has 1 aliphatic heterocycles. The molecule has 10 heteroatoms. The van der Waals surface area contributed by atoms with Crippen LogP contribution < -0.4 is 9.46 Å². The highest BCUT2D eigenvalue weighted by Gasteiger charge is 2.34. The largest absolute Gasteiger partial charge is 0.497 e. The molecule has 1 unspecified atom stereocenters. The summed E-state index contributed by atoms with van der Waals surface area (Å²) in [5.41, 5.74) is 0. The van der Waals surface area contributed by atoms with Crippen LogP contribution in [0.2, 0.25) is 0 Å². The molecule has 0 aromatic heterocycles. The molecule has 0 aliphatic carbocycles. The highest BCUT2D eigenvalue weighted by atomic mass is 32.2. The first-order chi connectivity index (χ1) is 11.7. The Balaban J connectivity index is 2.01. The van der Waals surface area contributed by atoms with Crippen molar-refractivity contribution in [1.29, 1.82) is 0 Å². The Morgan fingerprint density at radius 2 is 1.96 bits per heavy atom. The summed E-state index contributed by atoms with van der Waals surface area (Å²) >= 11 is 0. The third-order valence-electron chi connectivity index (χ3n) is 4.09. The van der Waals surface area contributed by atoms with E-state index < -0.39 is 38.4 Å². The number of nitrogens with one attached hydrogen (secondary N) is 1. The van der Waals surface area contributed by atoms with Gasteiger partial charge in [0.2, 0.25) is 15.9 Å². The van der Waals surface area contributed by atoms with Gasteiger partial charge in [0.25, 0.3) is 0 Å². The third-order valence-corrected chi connectivity index (χ3v) is 7.26.